The molecule has 0 amide bonds. The second kappa shape index (κ2) is 6.56. The lowest BCUT2D eigenvalue weighted by atomic mass is 10.0. The average molecular weight is 330 g/mol. The highest BCUT2D eigenvalue weighted by molar-refractivity contribution is 5.65. The van der Waals surface area contributed by atoms with Crippen molar-refractivity contribution >= 4 is 0 Å². The Hall–Kier alpha value is -2.11. The Kier molecular flexibility index (Phi) is 4.92. The number of benzene rings is 2. The minimum absolute atomic E-state index is 0.503. The molecule has 6 heteroatoms. The van der Waals surface area contributed by atoms with Gasteiger partial charge in [0.2, 0.25) is 0 Å². The number of halogens is 5. The molecule has 0 atom stereocenters. The molecule has 0 radical (unpaired) electrons. The maximum absolute atomic E-state index is 12.9. The van der Waals surface area contributed by atoms with E-state index in [0.29, 0.717) is 11.1 Å². The van der Waals surface area contributed by atoms with Crippen molar-refractivity contribution in [3.63, 3.8) is 0 Å². The first-order valence-electron chi connectivity index (χ1n) is 7.06. The molecule has 0 saturated carbocycles. The maximum atomic E-state index is 12.9. The second-order valence-corrected chi connectivity index (χ2v) is 5.09. The Morgan fingerprint density at radius 1 is 0.870 bits per heavy atom. The first-order valence-corrected chi connectivity index (χ1v) is 7.06. The minimum Gasteiger partial charge on any atom is -0.426 e. The first kappa shape index (κ1) is 17.2. The van der Waals surface area contributed by atoms with Crippen LogP contribution in [0.5, 0.6) is 5.75 Å². The molecule has 0 aromatic heterocycles. The zero-order valence-electron chi connectivity index (χ0n) is 12.3. The summed E-state index contributed by atoms with van der Waals surface area (Å²) >= 11 is 0. The summed E-state index contributed by atoms with van der Waals surface area (Å²) in [6, 6.07) is 12.6. The molecule has 0 aliphatic heterocycles. The van der Waals surface area contributed by atoms with Crippen LogP contribution in [0.1, 0.15) is 18.9 Å². The molecule has 2 aromatic rings. The van der Waals surface area contributed by atoms with Crippen LogP contribution >= 0.6 is 0 Å². The van der Waals surface area contributed by atoms with Crippen molar-refractivity contribution in [2.75, 3.05) is 0 Å². The van der Waals surface area contributed by atoms with Crippen LogP contribution in [0.25, 0.3) is 11.1 Å². The third-order valence-corrected chi connectivity index (χ3v) is 3.24. The van der Waals surface area contributed by atoms with E-state index in [1.807, 2.05) is 12.1 Å². The molecule has 124 valence electrons. The van der Waals surface area contributed by atoms with Crippen molar-refractivity contribution < 1.29 is 26.7 Å². The number of alkyl halides is 5. The van der Waals surface area contributed by atoms with E-state index in [9.17, 15) is 22.0 Å². The highest BCUT2D eigenvalue weighted by Crippen LogP contribution is 2.38. The van der Waals surface area contributed by atoms with E-state index in [1.165, 1.54) is 6.07 Å². The molecule has 0 spiro atoms. The van der Waals surface area contributed by atoms with Crippen LogP contribution in [0.3, 0.4) is 0 Å². The van der Waals surface area contributed by atoms with Crippen molar-refractivity contribution in [3.8, 4) is 16.9 Å². The summed E-state index contributed by atoms with van der Waals surface area (Å²) < 4.78 is 66.3. The molecule has 0 fully saturated rings. The van der Waals surface area contributed by atoms with Crippen LogP contribution in [0, 0.1) is 0 Å². The van der Waals surface area contributed by atoms with Gasteiger partial charge < -0.3 is 4.74 Å². The van der Waals surface area contributed by atoms with Crippen molar-refractivity contribution in [3.05, 3.63) is 54.1 Å². The Labute approximate surface area is 130 Å². The molecule has 0 aliphatic carbocycles. The molecule has 2 rings (SSSR count). The van der Waals surface area contributed by atoms with E-state index >= 15 is 0 Å². The Balaban J connectivity index is 2.23. The number of rotatable bonds is 5. The van der Waals surface area contributed by atoms with Gasteiger partial charge in [0.1, 0.15) is 5.75 Å². The predicted octanol–water partition coefficient (Wildman–Crippen LogP) is 5.84. The van der Waals surface area contributed by atoms with Gasteiger partial charge in [-0.3, -0.25) is 0 Å². The lowest BCUT2D eigenvalue weighted by Crippen LogP contribution is -2.41. The van der Waals surface area contributed by atoms with E-state index in [-0.39, 0.29) is 0 Å². The molecule has 1 nitrogen and oxygen atoms in total. The molecule has 0 unspecified atom stereocenters. The number of hydrogen-bond donors (Lipinski definition) is 0. The van der Waals surface area contributed by atoms with Crippen LogP contribution in [0.15, 0.2) is 48.5 Å². The van der Waals surface area contributed by atoms with Gasteiger partial charge in [-0.25, -0.2) is 0 Å². The molecular formula is C17H15F5O. The minimum atomic E-state index is -5.76. The van der Waals surface area contributed by atoms with Gasteiger partial charge in [0, 0.05) is 0 Å². The lowest BCUT2D eigenvalue weighted by Gasteiger charge is -2.20. The van der Waals surface area contributed by atoms with Crippen molar-refractivity contribution in [2.45, 2.75) is 32.1 Å². The van der Waals surface area contributed by atoms with Gasteiger partial charge in [0.25, 0.3) is 0 Å². The fourth-order valence-electron chi connectivity index (χ4n) is 2.10. The van der Waals surface area contributed by atoms with Gasteiger partial charge in [0.05, 0.1) is 0 Å². The fraction of sp³-hybridized carbons (Fsp3) is 0.294. The van der Waals surface area contributed by atoms with Crippen molar-refractivity contribution in [2.24, 2.45) is 0 Å². The predicted molar refractivity (Wildman–Crippen MR) is 77.5 cm³/mol. The standard InChI is InChI=1S/C17H15F5O/c1-2-4-12-7-9-13(10-8-12)14-5-3-6-15(11-14)23-17(21,22)16(18,19)20/h3,5-11H,2,4H2,1H3. The van der Waals surface area contributed by atoms with E-state index in [1.54, 1.807) is 18.2 Å². The number of ether oxygens (including phenoxy) is 1. The number of hydrogen-bond acceptors (Lipinski definition) is 1. The topological polar surface area (TPSA) is 9.23 Å². The highest BCUT2D eigenvalue weighted by atomic mass is 19.4. The smallest absolute Gasteiger partial charge is 0.426 e. The van der Waals surface area contributed by atoms with Crippen molar-refractivity contribution in [1.29, 1.82) is 0 Å². The third kappa shape index (κ3) is 4.21. The summed E-state index contributed by atoms with van der Waals surface area (Å²) in [5.74, 6) is -0.539. The summed E-state index contributed by atoms with van der Waals surface area (Å²) in [5.41, 5.74) is 2.35. The average Bonchev–Trinajstić information content (AvgIpc) is 2.47. The summed E-state index contributed by atoms with van der Waals surface area (Å²) in [4.78, 5) is 0. The molecule has 0 heterocycles. The molecule has 0 aliphatic rings. The zero-order valence-corrected chi connectivity index (χ0v) is 12.3. The zero-order chi connectivity index (χ0) is 17.1. The van der Waals surface area contributed by atoms with Crippen LogP contribution < -0.4 is 4.74 Å². The lowest BCUT2D eigenvalue weighted by molar-refractivity contribution is -0.360. The van der Waals surface area contributed by atoms with Gasteiger partial charge >= 0.3 is 12.3 Å². The summed E-state index contributed by atoms with van der Waals surface area (Å²) in [5, 5.41) is 0. The van der Waals surface area contributed by atoms with Gasteiger partial charge in [-0.05, 0) is 35.2 Å². The summed E-state index contributed by atoms with van der Waals surface area (Å²) in [7, 11) is 0. The fourth-order valence-corrected chi connectivity index (χ4v) is 2.10. The molecule has 23 heavy (non-hydrogen) atoms. The molecular weight excluding hydrogens is 315 g/mol. The summed E-state index contributed by atoms with van der Waals surface area (Å²) in [6.45, 7) is 2.05. The van der Waals surface area contributed by atoms with Crippen molar-refractivity contribution in [1.82, 2.24) is 0 Å². The van der Waals surface area contributed by atoms with Gasteiger partial charge in [-0.15, -0.1) is 0 Å². The van der Waals surface area contributed by atoms with E-state index in [4.69, 9.17) is 0 Å². The van der Waals surface area contributed by atoms with Crippen LogP contribution in [-0.2, 0) is 6.42 Å². The SMILES string of the molecule is CCCc1ccc(-c2cccc(OC(F)(F)C(F)(F)F)c2)cc1. The molecule has 0 bridgehead atoms. The Morgan fingerprint density at radius 2 is 1.52 bits per heavy atom. The van der Waals surface area contributed by atoms with Gasteiger partial charge in [0.15, 0.2) is 0 Å². The third-order valence-electron chi connectivity index (χ3n) is 3.24. The Morgan fingerprint density at radius 3 is 2.09 bits per heavy atom. The highest BCUT2D eigenvalue weighted by Gasteiger charge is 2.61. The molecule has 0 saturated heterocycles. The summed E-state index contributed by atoms with van der Waals surface area (Å²) in [6.07, 6.45) is -9.07. The normalized spacial score (nSPS) is 12.3. The number of aryl methyl sites for hydroxylation is 1. The van der Waals surface area contributed by atoms with Crippen LogP contribution in [0.2, 0.25) is 0 Å². The van der Waals surface area contributed by atoms with E-state index < -0.39 is 18.0 Å². The Bertz CT molecular complexity index is 647. The molecule has 2 aromatic carbocycles. The first-order chi connectivity index (χ1) is 10.7. The van der Waals surface area contributed by atoms with E-state index in [0.717, 1.165) is 30.5 Å². The molecule has 0 N–H and O–H groups in total. The second-order valence-electron chi connectivity index (χ2n) is 5.09. The largest absolute Gasteiger partial charge is 0.499 e. The quantitative estimate of drug-likeness (QED) is 0.626. The van der Waals surface area contributed by atoms with E-state index in [2.05, 4.69) is 11.7 Å². The van der Waals surface area contributed by atoms with Gasteiger partial charge in [-0.2, -0.15) is 22.0 Å². The monoisotopic (exact) mass is 330 g/mol. The van der Waals surface area contributed by atoms with Crippen LogP contribution in [0.4, 0.5) is 22.0 Å². The maximum Gasteiger partial charge on any atom is 0.499 e. The van der Waals surface area contributed by atoms with Crippen LogP contribution in [-0.4, -0.2) is 12.3 Å². The van der Waals surface area contributed by atoms with Gasteiger partial charge in [-0.1, -0.05) is 49.7 Å².